The zero-order chi connectivity index (χ0) is 10.6. The summed E-state index contributed by atoms with van der Waals surface area (Å²) in [5, 5.41) is 3.34. The highest BCUT2D eigenvalue weighted by molar-refractivity contribution is 5.00. The molecule has 0 saturated carbocycles. The molecule has 0 aliphatic rings. The maximum Gasteiger partial charge on any atom is 0.105 e. The SMILES string of the molecule is CNC(Cc1ccco1)CC(C)(C)C. The normalized spacial score (nSPS) is 14.3. The minimum Gasteiger partial charge on any atom is -0.469 e. The second-order valence-electron chi connectivity index (χ2n) is 5.03. The molecule has 1 aromatic rings. The Hall–Kier alpha value is -0.760. The topological polar surface area (TPSA) is 25.2 Å². The van der Waals surface area contributed by atoms with E-state index < -0.39 is 0 Å². The molecule has 0 radical (unpaired) electrons. The lowest BCUT2D eigenvalue weighted by Gasteiger charge is -2.25. The maximum absolute atomic E-state index is 5.34. The summed E-state index contributed by atoms with van der Waals surface area (Å²) >= 11 is 0. The van der Waals surface area contributed by atoms with Crippen LogP contribution in [0.15, 0.2) is 22.8 Å². The van der Waals surface area contributed by atoms with Crippen molar-refractivity contribution in [2.75, 3.05) is 7.05 Å². The van der Waals surface area contributed by atoms with Gasteiger partial charge in [-0.05, 0) is 31.0 Å². The van der Waals surface area contributed by atoms with Crippen molar-refractivity contribution in [2.45, 2.75) is 39.7 Å². The van der Waals surface area contributed by atoms with Crippen molar-refractivity contribution in [3.63, 3.8) is 0 Å². The molecule has 0 aromatic carbocycles. The second-order valence-corrected chi connectivity index (χ2v) is 5.03. The molecular weight excluding hydrogens is 174 g/mol. The Bertz CT molecular complexity index is 246. The molecule has 0 fully saturated rings. The largest absolute Gasteiger partial charge is 0.469 e. The summed E-state index contributed by atoms with van der Waals surface area (Å²) < 4.78 is 5.34. The van der Waals surface area contributed by atoms with Crippen LogP contribution in [-0.4, -0.2) is 13.1 Å². The molecule has 2 heteroatoms. The molecule has 0 amide bonds. The molecular formula is C12H21NO. The highest BCUT2D eigenvalue weighted by Gasteiger charge is 2.18. The smallest absolute Gasteiger partial charge is 0.105 e. The van der Waals surface area contributed by atoms with Gasteiger partial charge in [0.2, 0.25) is 0 Å². The predicted octanol–water partition coefficient (Wildman–Crippen LogP) is 2.85. The van der Waals surface area contributed by atoms with E-state index in [1.165, 1.54) is 0 Å². The quantitative estimate of drug-likeness (QED) is 0.799. The third kappa shape index (κ3) is 3.97. The fourth-order valence-electron chi connectivity index (χ4n) is 1.69. The molecule has 1 N–H and O–H groups in total. The Kier molecular flexibility index (Phi) is 3.76. The minimum atomic E-state index is 0.361. The first-order chi connectivity index (χ1) is 6.51. The third-order valence-electron chi connectivity index (χ3n) is 2.29. The summed E-state index contributed by atoms with van der Waals surface area (Å²) in [5.41, 5.74) is 0.361. The van der Waals surface area contributed by atoms with Crippen molar-refractivity contribution in [3.05, 3.63) is 24.2 Å². The lowest BCUT2D eigenvalue weighted by atomic mass is 9.87. The molecule has 14 heavy (non-hydrogen) atoms. The van der Waals surface area contributed by atoms with Gasteiger partial charge in [0.1, 0.15) is 5.76 Å². The standard InChI is InChI=1S/C12H21NO/c1-12(2,3)9-10(13-4)8-11-6-5-7-14-11/h5-7,10,13H,8-9H2,1-4H3. The molecule has 0 bridgehead atoms. The molecule has 80 valence electrons. The number of hydrogen-bond donors (Lipinski definition) is 1. The van der Waals surface area contributed by atoms with E-state index in [1.807, 2.05) is 19.2 Å². The van der Waals surface area contributed by atoms with Gasteiger partial charge < -0.3 is 9.73 Å². The van der Waals surface area contributed by atoms with Crippen LogP contribution in [0.4, 0.5) is 0 Å². The summed E-state index contributed by atoms with van der Waals surface area (Å²) in [6.45, 7) is 6.79. The molecule has 2 nitrogen and oxygen atoms in total. The highest BCUT2D eigenvalue weighted by Crippen LogP contribution is 2.22. The van der Waals surface area contributed by atoms with E-state index >= 15 is 0 Å². The van der Waals surface area contributed by atoms with Crippen molar-refractivity contribution >= 4 is 0 Å². The van der Waals surface area contributed by atoms with Gasteiger partial charge in [-0.1, -0.05) is 20.8 Å². The lowest BCUT2D eigenvalue weighted by molar-refractivity contribution is 0.306. The van der Waals surface area contributed by atoms with E-state index in [1.54, 1.807) is 6.26 Å². The van der Waals surface area contributed by atoms with E-state index in [-0.39, 0.29) is 0 Å². The second kappa shape index (κ2) is 4.65. The summed E-state index contributed by atoms with van der Waals surface area (Å²) in [5.74, 6) is 1.06. The van der Waals surface area contributed by atoms with Gasteiger partial charge in [-0.3, -0.25) is 0 Å². The molecule has 1 heterocycles. The van der Waals surface area contributed by atoms with E-state index in [2.05, 4.69) is 26.1 Å². The number of hydrogen-bond acceptors (Lipinski definition) is 2. The molecule has 0 saturated heterocycles. The first kappa shape index (κ1) is 11.3. The fraction of sp³-hybridized carbons (Fsp3) is 0.667. The molecule has 0 aliphatic heterocycles. The van der Waals surface area contributed by atoms with Crippen LogP contribution < -0.4 is 5.32 Å². The van der Waals surface area contributed by atoms with Gasteiger partial charge in [0.05, 0.1) is 6.26 Å². The summed E-state index contributed by atoms with van der Waals surface area (Å²) in [6.07, 6.45) is 3.87. The molecule has 0 spiro atoms. The van der Waals surface area contributed by atoms with Gasteiger partial charge in [-0.25, -0.2) is 0 Å². The van der Waals surface area contributed by atoms with Crippen molar-refractivity contribution in [3.8, 4) is 0 Å². The minimum absolute atomic E-state index is 0.361. The van der Waals surface area contributed by atoms with Crippen LogP contribution in [0, 0.1) is 5.41 Å². The van der Waals surface area contributed by atoms with Crippen LogP contribution in [0.25, 0.3) is 0 Å². The van der Waals surface area contributed by atoms with Gasteiger partial charge in [-0.15, -0.1) is 0 Å². The third-order valence-corrected chi connectivity index (χ3v) is 2.29. The Morgan fingerprint density at radius 3 is 2.57 bits per heavy atom. The van der Waals surface area contributed by atoms with Crippen LogP contribution in [-0.2, 0) is 6.42 Å². The van der Waals surface area contributed by atoms with Crippen LogP contribution in [0.2, 0.25) is 0 Å². The van der Waals surface area contributed by atoms with Crippen molar-refractivity contribution in [2.24, 2.45) is 5.41 Å². The van der Waals surface area contributed by atoms with Crippen LogP contribution >= 0.6 is 0 Å². The van der Waals surface area contributed by atoms with Gasteiger partial charge in [0.25, 0.3) is 0 Å². The monoisotopic (exact) mass is 195 g/mol. The summed E-state index contributed by atoms with van der Waals surface area (Å²) in [7, 11) is 2.01. The zero-order valence-corrected chi connectivity index (χ0v) is 9.63. The number of nitrogens with one attached hydrogen (secondary N) is 1. The van der Waals surface area contributed by atoms with E-state index in [4.69, 9.17) is 4.42 Å². The highest BCUT2D eigenvalue weighted by atomic mass is 16.3. The van der Waals surface area contributed by atoms with E-state index in [0.717, 1.165) is 18.6 Å². The molecule has 1 rings (SSSR count). The van der Waals surface area contributed by atoms with E-state index in [0.29, 0.717) is 11.5 Å². The van der Waals surface area contributed by atoms with Crippen LogP contribution in [0.5, 0.6) is 0 Å². The van der Waals surface area contributed by atoms with Crippen molar-refractivity contribution in [1.82, 2.24) is 5.32 Å². The molecule has 1 unspecified atom stereocenters. The Balaban J connectivity index is 2.47. The Labute approximate surface area is 86.7 Å². The first-order valence-corrected chi connectivity index (χ1v) is 5.21. The van der Waals surface area contributed by atoms with Crippen LogP contribution in [0.1, 0.15) is 33.0 Å². The van der Waals surface area contributed by atoms with E-state index in [9.17, 15) is 0 Å². The predicted molar refractivity (Wildman–Crippen MR) is 59.3 cm³/mol. The van der Waals surface area contributed by atoms with Gasteiger partial charge in [-0.2, -0.15) is 0 Å². The fourth-order valence-corrected chi connectivity index (χ4v) is 1.69. The maximum atomic E-state index is 5.34. The number of rotatable bonds is 4. The van der Waals surface area contributed by atoms with Gasteiger partial charge >= 0.3 is 0 Å². The number of furan rings is 1. The van der Waals surface area contributed by atoms with Crippen molar-refractivity contribution < 1.29 is 4.42 Å². The zero-order valence-electron chi connectivity index (χ0n) is 9.63. The van der Waals surface area contributed by atoms with Gasteiger partial charge in [0, 0.05) is 12.5 Å². The van der Waals surface area contributed by atoms with Crippen LogP contribution in [0.3, 0.4) is 0 Å². The average Bonchev–Trinajstić information content (AvgIpc) is 2.53. The first-order valence-electron chi connectivity index (χ1n) is 5.21. The molecule has 1 aromatic heterocycles. The Morgan fingerprint density at radius 1 is 1.43 bits per heavy atom. The average molecular weight is 195 g/mol. The Morgan fingerprint density at radius 2 is 2.14 bits per heavy atom. The lowest BCUT2D eigenvalue weighted by Crippen LogP contribution is -2.31. The summed E-state index contributed by atoms with van der Waals surface area (Å²) in [4.78, 5) is 0. The van der Waals surface area contributed by atoms with Crippen molar-refractivity contribution in [1.29, 1.82) is 0 Å². The number of likely N-dealkylation sites (N-methyl/N-ethyl adjacent to an activating group) is 1. The molecule has 0 aliphatic carbocycles. The summed E-state index contributed by atoms with van der Waals surface area (Å²) in [6, 6.07) is 4.48. The van der Waals surface area contributed by atoms with Gasteiger partial charge in [0.15, 0.2) is 0 Å². The molecule has 1 atom stereocenters.